The van der Waals surface area contributed by atoms with Crippen molar-refractivity contribution in [3.05, 3.63) is 71.3 Å². The summed E-state index contributed by atoms with van der Waals surface area (Å²) in [5.74, 6) is -0.886. The van der Waals surface area contributed by atoms with Crippen molar-refractivity contribution in [2.45, 2.75) is 25.9 Å². The van der Waals surface area contributed by atoms with Crippen molar-refractivity contribution in [1.82, 2.24) is 0 Å². The molecule has 2 rings (SSSR count). The van der Waals surface area contributed by atoms with Crippen LogP contribution in [0.1, 0.15) is 29.0 Å². The van der Waals surface area contributed by atoms with E-state index in [0.29, 0.717) is 0 Å². The minimum Gasteiger partial charge on any atom is -0.460 e. The summed E-state index contributed by atoms with van der Waals surface area (Å²) in [7, 11) is 0. The maximum absolute atomic E-state index is 12.2. The van der Waals surface area contributed by atoms with Crippen molar-refractivity contribution in [1.29, 1.82) is 5.26 Å². The predicted molar refractivity (Wildman–Crippen MR) is 80.4 cm³/mol. The first-order valence-electron chi connectivity index (χ1n) is 6.85. The Morgan fingerprint density at radius 1 is 1.14 bits per heavy atom. The van der Waals surface area contributed by atoms with Crippen LogP contribution in [0.5, 0.6) is 0 Å². The first kappa shape index (κ1) is 14.8. The summed E-state index contributed by atoms with van der Waals surface area (Å²) in [6.45, 7) is 2.21. The van der Waals surface area contributed by atoms with Gasteiger partial charge in [-0.25, -0.2) is 0 Å². The number of nitrogens with zero attached hydrogens (tertiary/aromatic N) is 1. The number of rotatable bonds is 5. The number of hydrogen-bond donors (Lipinski definition) is 0. The number of carbonyl (C=O) groups is 1. The molecule has 21 heavy (non-hydrogen) atoms. The largest absolute Gasteiger partial charge is 0.460 e. The summed E-state index contributed by atoms with van der Waals surface area (Å²) >= 11 is 0. The van der Waals surface area contributed by atoms with E-state index in [1.165, 1.54) is 0 Å². The van der Waals surface area contributed by atoms with E-state index in [9.17, 15) is 4.79 Å². The van der Waals surface area contributed by atoms with E-state index in [1.54, 1.807) is 0 Å². The molecule has 3 nitrogen and oxygen atoms in total. The zero-order valence-corrected chi connectivity index (χ0v) is 12.0. The molecule has 1 unspecified atom stereocenters. The van der Waals surface area contributed by atoms with Crippen LogP contribution in [-0.4, -0.2) is 5.97 Å². The predicted octanol–water partition coefficient (Wildman–Crippen LogP) is 3.74. The van der Waals surface area contributed by atoms with Crippen LogP contribution in [0, 0.1) is 18.3 Å². The van der Waals surface area contributed by atoms with Crippen LogP contribution in [-0.2, 0) is 16.1 Å². The average molecular weight is 279 g/mol. The lowest BCUT2D eigenvalue weighted by Crippen LogP contribution is -2.15. The highest BCUT2D eigenvalue weighted by molar-refractivity contribution is 5.78. The van der Waals surface area contributed by atoms with Gasteiger partial charge in [-0.05, 0) is 18.1 Å². The van der Waals surface area contributed by atoms with E-state index in [-0.39, 0.29) is 19.0 Å². The fourth-order valence-corrected chi connectivity index (χ4v) is 2.06. The fourth-order valence-electron chi connectivity index (χ4n) is 2.06. The lowest BCUT2D eigenvalue weighted by molar-refractivity contribution is -0.146. The number of carbonyl (C=O) groups excluding carboxylic acids is 1. The normalized spacial score (nSPS) is 11.4. The second kappa shape index (κ2) is 7.25. The van der Waals surface area contributed by atoms with Crippen LogP contribution in [0.25, 0.3) is 0 Å². The maximum Gasteiger partial charge on any atom is 0.314 e. The van der Waals surface area contributed by atoms with Crippen LogP contribution in [0.3, 0.4) is 0 Å². The highest BCUT2D eigenvalue weighted by Crippen LogP contribution is 2.22. The second-order valence-corrected chi connectivity index (χ2v) is 4.92. The molecule has 0 aliphatic heterocycles. The van der Waals surface area contributed by atoms with Gasteiger partial charge in [0.25, 0.3) is 0 Å². The van der Waals surface area contributed by atoms with Gasteiger partial charge in [-0.3, -0.25) is 4.79 Å². The van der Waals surface area contributed by atoms with Crippen molar-refractivity contribution < 1.29 is 9.53 Å². The van der Waals surface area contributed by atoms with E-state index in [2.05, 4.69) is 6.07 Å². The van der Waals surface area contributed by atoms with Gasteiger partial charge in [0.1, 0.15) is 6.61 Å². The lowest BCUT2D eigenvalue weighted by atomic mass is 9.95. The Morgan fingerprint density at radius 3 is 2.43 bits per heavy atom. The number of esters is 1. The minimum atomic E-state index is -0.528. The summed E-state index contributed by atoms with van der Waals surface area (Å²) in [6, 6.07) is 19.2. The monoisotopic (exact) mass is 279 g/mol. The molecule has 0 heterocycles. The molecule has 106 valence electrons. The third kappa shape index (κ3) is 4.19. The molecule has 2 aromatic rings. The van der Waals surface area contributed by atoms with Gasteiger partial charge in [-0.2, -0.15) is 5.26 Å². The molecular weight excluding hydrogens is 262 g/mol. The zero-order valence-electron chi connectivity index (χ0n) is 12.0. The molecule has 0 aromatic heterocycles. The van der Waals surface area contributed by atoms with Gasteiger partial charge in [-0.15, -0.1) is 0 Å². The molecule has 0 radical (unpaired) electrons. The van der Waals surface area contributed by atoms with E-state index in [1.807, 2.05) is 61.5 Å². The Labute approximate surface area is 124 Å². The Bertz CT molecular complexity index is 627. The van der Waals surface area contributed by atoms with Crippen LogP contribution < -0.4 is 0 Å². The summed E-state index contributed by atoms with van der Waals surface area (Å²) < 4.78 is 5.34. The van der Waals surface area contributed by atoms with Crippen molar-refractivity contribution in [3.8, 4) is 6.07 Å². The number of aryl methyl sites for hydroxylation is 1. The van der Waals surface area contributed by atoms with E-state index in [0.717, 1.165) is 16.7 Å². The number of benzene rings is 2. The standard InChI is InChI=1S/C18H17NO2/c1-14-7-9-16(10-8-14)17(11-12-19)18(20)21-13-15-5-3-2-4-6-15/h2-10,17H,11,13H2,1H3. The Balaban J connectivity index is 2.06. The van der Waals surface area contributed by atoms with Gasteiger partial charge in [0.15, 0.2) is 0 Å². The topological polar surface area (TPSA) is 50.1 Å². The van der Waals surface area contributed by atoms with Gasteiger partial charge >= 0.3 is 5.97 Å². The summed E-state index contributed by atoms with van der Waals surface area (Å²) in [6.07, 6.45) is 0.122. The maximum atomic E-state index is 12.2. The Hall–Kier alpha value is -2.60. The fraction of sp³-hybridized carbons (Fsp3) is 0.222. The van der Waals surface area contributed by atoms with Crippen LogP contribution in [0.2, 0.25) is 0 Å². The third-order valence-electron chi connectivity index (χ3n) is 3.28. The van der Waals surface area contributed by atoms with Crippen molar-refractivity contribution in [3.63, 3.8) is 0 Å². The smallest absolute Gasteiger partial charge is 0.314 e. The van der Waals surface area contributed by atoms with E-state index in [4.69, 9.17) is 10.00 Å². The number of nitriles is 1. The van der Waals surface area contributed by atoms with Gasteiger partial charge in [-0.1, -0.05) is 60.2 Å². The molecule has 2 aromatic carbocycles. The van der Waals surface area contributed by atoms with E-state index >= 15 is 0 Å². The van der Waals surface area contributed by atoms with Gasteiger partial charge in [0, 0.05) is 0 Å². The Kier molecular flexibility index (Phi) is 5.11. The molecule has 0 N–H and O–H groups in total. The molecule has 1 atom stereocenters. The minimum absolute atomic E-state index is 0.122. The average Bonchev–Trinajstić information content (AvgIpc) is 2.52. The van der Waals surface area contributed by atoms with E-state index < -0.39 is 5.92 Å². The second-order valence-electron chi connectivity index (χ2n) is 4.92. The highest BCUT2D eigenvalue weighted by atomic mass is 16.5. The summed E-state index contributed by atoms with van der Waals surface area (Å²) in [4.78, 5) is 12.2. The van der Waals surface area contributed by atoms with Crippen molar-refractivity contribution >= 4 is 5.97 Å². The van der Waals surface area contributed by atoms with Crippen LogP contribution in [0.15, 0.2) is 54.6 Å². The first-order valence-corrected chi connectivity index (χ1v) is 6.85. The van der Waals surface area contributed by atoms with Crippen molar-refractivity contribution in [2.24, 2.45) is 0 Å². The first-order chi connectivity index (χ1) is 10.2. The molecule has 3 heteroatoms. The molecule has 0 aliphatic rings. The van der Waals surface area contributed by atoms with Gasteiger partial charge < -0.3 is 4.74 Å². The SMILES string of the molecule is Cc1ccc(C(CC#N)C(=O)OCc2ccccc2)cc1. The molecule has 0 amide bonds. The highest BCUT2D eigenvalue weighted by Gasteiger charge is 2.22. The number of hydrogen-bond acceptors (Lipinski definition) is 3. The molecule has 0 bridgehead atoms. The van der Waals surface area contributed by atoms with Crippen molar-refractivity contribution in [2.75, 3.05) is 0 Å². The lowest BCUT2D eigenvalue weighted by Gasteiger charge is -2.14. The number of ether oxygens (including phenoxy) is 1. The molecule has 0 spiro atoms. The quantitative estimate of drug-likeness (QED) is 0.783. The Morgan fingerprint density at radius 2 is 1.81 bits per heavy atom. The molecule has 0 saturated carbocycles. The zero-order chi connectivity index (χ0) is 15.1. The molecule has 0 aliphatic carbocycles. The molecular formula is C18H17NO2. The summed E-state index contributed by atoms with van der Waals surface area (Å²) in [5.41, 5.74) is 2.87. The molecule has 0 fully saturated rings. The van der Waals surface area contributed by atoms with Crippen LogP contribution in [0.4, 0.5) is 0 Å². The van der Waals surface area contributed by atoms with Gasteiger partial charge in [0.2, 0.25) is 0 Å². The van der Waals surface area contributed by atoms with Gasteiger partial charge in [0.05, 0.1) is 18.4 Å². The summed E-state index contributed by atoms with van der Waals surface area (Å²) in [5, 5.41) is 8.93. The molecule has 0 saturated heterocycles. The third-order valence-corrected chi connectivity index (χ3v) is 3.28. The van der Waals surface area contributed by atoms with Crippen LogP contribution >= 0.6 is 0 Å².